The maximum Gasteiger partial charge on any atom is 0.217 e. The summed E-state index contributed by atoms with van der Waals surface area (Å²) in [6.07, 6.45) is 4.37. The Balaban J connectivity index is 2.98. The molecule has 0 aromatic carbocycles. The van der Waals surface area contributed by atoms with E-state index in [9.17, 15) is 9.00 Å². The molecule has 0 bridgehead atoms. The molecule has 0 spiro atoms. The smallest absolute Gasteiger partial charge is 0.217 e. The number of hydrogen-bond donors (Lipinski definition) is 1. The van der Waals surface area contributed by atoms with Gasteiger partial charge in [-0.2, -0.15) is 0 Å². The molecule has 0 aliphatic rings. The van der Waals surface area contributed by atoms with E-state index in [1.54, 1.807) is 32.4 Å². The van der Waals surface area contributed by atoms with Crippen LogP contribution in [0.25, 0.3) is 0 Å². The number of nitrogens with zero attached hydrogens (tertiary/aromatic N) is 2. The summed E-state index contributed by atoms with van der Waals surface area (Å²) < 4.78 is 21.0. The Morgan fingerprint density at radius 3 is 2.45 bits per heavy atom. The molecule has 22 heavy (non-hydrogen) atoms. The summed E-state index contributed by atoms with van der Waals surface area (Å²) in [5.74, 6) is -0.476. The topological polar surface area (TPSA) is 104 Å². The van der Waals surface area contributed by atoms with E-state index in [1.807, 2.05) is 0 Å². The van der Waals surface area contributed by atoms with Gasteiger partial charge in [0.1, 0.15) is 0 Å². The minimum Gasteiger partial charge on any atom is -0.349 e. The second-order valence-corrected chi connectivity index (χ2v) is 7.26. The lowest BCUT2D eigenvalue weighted by Gasteiger charge is -2.27. The monoisotopic (exact) mass is 329 g/mol. The van der Waals surface area contributed by atoms with E-state index in [4.69, 9.17) is 14.6 Å². The van der Waals surface area contributed by atoms with Gasteiger partial charge in [-0.3, -0.25) is 19.9 Å². The molecule has 0 aliphatic heterocycles. The fraction of sp³-hybridized carbons (Fsp3) is 0.643. The van der Waals surface area contributed by atoms with Crippen LogP contribution in [0.5, 0.6) is 0 Å². The maximum absolute atomic E-state index is 12.2. The molecule has 124 valence electrons. The minimum atomic E-state index is -1.52. The standard InChI is InChI=1S/C14H23N3O4S/c1-14(2,22(15)19)8-10(11-9-16-5-6-17-11)7-12(18)13(20-3)21-4/h5-6,9-10,13H,7-8,15H2,1-4H3/t10-,22?/m0/s1. The van der Waals surface area contributed by atoms with Crippen LogP contribution in [-0.4, -0.2) is 45.2 Å². The molecular formula is C14H23N3O4S. The van der Waals surface area contributed by atoms with E-state index in [1.165, 1.54) is 14.2 Å². The Morgan fingerprint density at radius 2 is 2.00 bits per heavy atom. The van der Waals surface area contributed by atoms with Crippen LogP contribution in [0.4, 0.5) is 0 Å². The molecule has 1 rings (SSSR count). The Hall–Kier alpha value is -1.22. The highest BCUT2D eigenvalue weighted by Crippen LogP contribution is 2.30. The molecule has 8 heteroatoms. The van der Waals surface area contributed by atoms with E-state index in [2.05, 4.69) is 9.97 Å². The number of ketones is 1. The Bertz CT molecular complexity index is 506. The van der Waals surface area contributed by atoms with Gasteiger partial charge >= 0.3 is 0 Å². The molecule has 0 saturated heterocycles. The molecule has 7 nitrogen and oxygen atoms in total. The van der Waals surface area contributed by atoms with Gasteiger partial charge in [0.2, 0.25) is 6.29 Å². The first-order valence-corrected chi connectivity index (χ1v) is 8.03. The van der Waals surface area contributed by atoms with Crippen molar-refractivity contribution < 1.29 is 18.5 Å². The molecule has 2 atom stereocenters. The molecule has 1 unspecified atom stereocenters. The van der Waals surface area contributed by atoms with Crippen molar-refractivity contribution in [2.45, 2.75) is 43.6 Å². The van der Waals surface area contributed by atoms with Crippen molar-refractivity contribution >= 4 is 16.8 Å². The van der Waals surface area contributed by atoms with Crippen molar-refractivity contribution in [1.29, 1.82) is 0 Å². The zero-order valence-electron chi connectivity index (χ0n) is 13.3. The van der Waals surface area contributed by atoms with Crippen LogP contribution in [0.1, 0.15) is 38.3 Å². The molecule has 1 aromatic heterocycles. The van der Waals surface area contributed by atoms with Gasteiger partial charge in [0, 0.05) is 45.1 Å². The number of carbonyl (C=O) groups is 1. The first-order chi connectivity index (χ1) is 10.3. The van der Waals surface area contributed by atoms with Crippen molar-refractivity contribution in [3.05, 3.63) is 24.3 Å². The highest BCUT2D eigenvalue weighted by atomic mass is 32.2. The summed E-state index contributed by atoms with van der Waals surface area (Å²) >= 11 is 0. The summed E-state index contributed by atoms with van der Waals surface area (Å²) in [5.41, 5.74) is 0.653. The van der Waals surface area contributed by atoms with Crippen LogP contribution in [0, 0.1) is 0 Å². The maximum atomic E-state index is 12.2. The van der Waals surface area contributed by atoms with Crippen molar-refractivity contribution in [1.82, 2.24) is 9.97 Å². The Kier molecular flexibility index (Phi) is 7.21. The van der Waals surface area contributed by atoms with E-state index in [0.717, 1.165) is 0 Å². The fourth-order valence-electron chi connectivity index (χ4n) is 2.18. The fourth-order valence-corrected chi connectivity index (χ4v) is 2.54. The first-order valence-electron chi connectivity index (χ1n) is 6.82. The van der Waals surface area contributed by atoms with E-state index in [0.29, 0.717) is 12.1 Å². The second kappa shape index (κ2) is 8.42. The number of methoxy groups -OCH3 is 2. The summed E-state index contributed by atoms with van der Waals surface area (Å²) in [7, 11) is 1.29. The number of aromatic nitrogens is 2. The van der Waals surface area contributed by atoms with Crippen LogP contribution in [-0.2, 0) is 25.3 Å². The first kappa shape index (κ1) is 18.8. The highest BCUT2D eigenvalue weighted by Gasteiger charge is 2.32. The van der Waals surface area contributed by atoms with Crippen LogP contribution in [0.15, 0.2) is 18.6 Å². The van der Waals surface area contributed by atoms with Crippen LogP contribution in [0.3, 0.4) is 0 Å². The molecule has 0 amide bonds. The summed E-state index contributed by atoms with van der Waals surface area (Å²) in [6.45, 7) is 3.59. The van der Waals surface area contributed by atoms with E-state index >= 15 is 0 Å². The normalized spacial score (nSPS) is 14.8. The predicted octanol–water partition coefficient (Wildman–Crippen LogP) is 0.929. The van der Waals surface area contributed by atoms with Crippen LogP contribution in [0.2, 0.25) is 0 Å². The molecule has 0 fully saturated rings. The van der Waals surface area contributed by atoms with Crippen molar-refractivity contribution in [3.63, 3.8) is 0 Å². The third-order valence-electron chi connectivity index (χ3n) is 3.42. The quantitative estimate of drug-likeness (QED) is 0.676. The largest absolute Gasteiger partial charge is 0.349 e. The third-order valence-corrected chi connectivity index (χ3v) is 4.68. The predicted molar refractivity (Wildman–Crippen MR) is 83.2 cm³/mol. The molecule has 0 radical (unpaired) electrons. The van der Waals surface area contributed by atoms with Crippen molar-refractivity contribution in [2.75, 3.05) is 14.2 Å². The van der Waals surface area contributed by atoms with Gasteiger partial charge < -0.3 is 9.47 Å². The summed E-state index contributed by atoms with van der Waals surface area (Å²) in [4.78, 5) is 20.5. The average molecular weight is 329 g/mol. The van der Waals surface area contributed by atoms with Crippen LogP contribution < -0.4 is 5.14 Å². The highest BCUT2D eigenvalue weighted by molar-refractivity contribution is 7.84. The van der Waals surface area contributed by atoms with Crippen LogP contribution >= 0.6 is 0 Å². The Labute approximate surface area is 133 Å². The van der Waals surface area contributed by atoms with Gasteiger partial charge in [0.05, 0.1) is 21.4 Å². The lowest BCUT2D eigenvalue weighted by Crippen LogP contribution is -2.35. The SMILES string of the molecule is COC(OC)C(=O)C[C@@H](CC(C)(C)S(N)=O)c1cnccn1. The van der Waals surface area contributed by atoms with Gasteiger partial charge in [0.15, 0.2) is 5.78 Å². The number of Topliss-reactive ketones (excluding diaryl/α,β-unsaturated/α-hetero) is 1. The number of nitrogens with two attached hydrogens (primary N) is 1. The average Bonchev–Trinajstić information content (AvgIpc) is 2.48. The Morgan fingerprint density at radius 1 is 1.36 bits per heavy atom. The van der Waals surface area contributed by atoms with Crippen molar-refractivity contribution in [3.8, 4) is 0 Å². The zero-order chi connectivity index (χ0) is 16.8. The van der Waals surface area contributed by atoms with Gasteiger partial charge in [-0.05, 0) is 20.3 Å². The minimum absolute atomic E-state index is 0.145. The molecule has 0 saturated carbocycles. The number of carbonyl (C=O) groups excluding carboxylic acids is 1. The van der Waals surface area contributed by atoms with E-state index < -0.39 is 22.0 Å². The lowest BCUT2D eigenvalue weighted by molar-refractivity contribution is -0.157. The molecule has 1 aromatic rings. The number of hydrogen-bond acceptors (Lipinski definition) is 6. The molecular weight excluding hydrogens is 306 g/mol. The zero-order valence-corrected chi connectivity index (χ0v) is 14.1. The van der Waals surface area contributed by atoms with Gasteiger partial charge in [-0.15, -0.1) is 0 Å². The second-order valence-electron chi connectivity index (χ2n) is 5.56. The molecule has 0 aliphatic carbocycles. The van der Waals surface area contributed by atoms with Gasteiger partial charge in [0.25, 0.3) is 0 Å². The lowest BCUT2D eigenvalue weighted by atomic mass is 9.89. The third kappa shape index (κ3) is 5.20. The number of ether oxygens (including phenoxy) is 2. The number of rotatable bonds is 9. The molecule has 1 heterocycles. The van der Waals surface area contributed by atoms with E-state index in [-0.39, 0.29) is 18.1 Å². The van der Waals surface area contributed by atoms with Gasteiger partial charge in [-0.1, -0.05) is 0 Å². The van der Waals surface area contributed by atoms with Gasteiger partial charge in [-0.25, -0.2) is 4.21 Å². The summed E-state index contributed by atoms with van der Waals surface area (Å²) in [5, 5.41) is 5.54. The molecule has 2 N–H and O–H groups in total. The summed E-state index contributed by atoms with van der Waals surface area (Å²) in [6, 6.07) is 0. The van der Waals surface area contributed by atoms with Crippen molar-refractivity contribution in [2.24, 2.45) is 5.14 Å².